The van der Waals surface area contributed by atoms with E-state index in [-0.39, 0.29) is 0 Å². The Labute approximate surface area is 234 Å². The maximum absolute atomic E-state index is 9.81. The van der Waals surface area contributed by atoms with Crippen molar-refractivity contribution in [2.45, 2.75) is 153 Å². The average molecular weight is 529 g/mol. The Morgan fingerprint density at radius 3 is 1.03 bits per heavy atom. The highest BCUT2D eigenvalue weighted by Crippen LogP contribution is 2.14. The van der Waals surface area contributed by atoms with Crippen molar-refractivity contribution in [3.8, 4) is 24.7 Å². The minimum atomic E-state index is -0.901. The van der Waals surface area contributed by atoms with Crippen LogP contribution in [0.25, 0.3) is 0 Å². The van der Waals surface area contributed by atoms with Gasteiger partial charge in [-0.25, -0.2) is 0 Å². The molecule has 4 atom stereocenters. The van der Waals surface area contributed by atoms with E-state index in [1.807, 2.05) is 0 Å². The van der Waals surface area contributed by atoms with Crippen LogP contribution in [0.15, 0.2) is 36.5 Å². The standard InChI is InChI=1S/C34H56O4/c1-3-31(35)27-29-33(37)25-23-21-19-17-15-13-11-9-7-5-6-8-10-12-14-16-18-20-22-24-26-34(38)30-28-32(36)4-2/h1-2,7,9,27-38H,5-6,8,10-26H2/b9-7-,29-27+,30-28+/t31-,32-,33-,34-/m1/s1. The smallest absolute Gasteiger partial charge is 0.133 e. The molecule has 0 saturated carbocycles. The van der Waals surface area contributed by atoms with Gasteiger partial charge >= 0.3 is 0 Å². The Balaban J connectivity index is 3.31. The number of aliphatic hydroxyl groups excluding tert-OH is 4. The predicted molar refractivity (Wildman–Crippen MR) is 161 cm³/mol. The van der Waals surface area contributed by atoms with Crippen LogP contribution in [0.5, 0.6) is 0 Å². The third-order valence-corrected chi connectivity index (χ3v) is 6.78. The first-order valence-corrected chi connectivity index (χ1v) is 15.2. The summed E-state index contributed by atoms with van der Waals surface area (Å²) in [5, 5.41) is 38.1. The van der Waals surface area contributed by atoms with Gasteiger partial charge in [-0.15, -0.1) is 12.8 Å². The van der Waals surface area contributed by atoms with Gasteiger partial charge in [0.25, 0.3) is 0 Å². The fourth-order valence-corrected chi connectivity index (χ4v) is 4.36. The van der Waals surface area contributed by atoms with Crippen molar-refractivity contribution in [2.75, 3.05) is 0 Å². The van der Waals surface area contributed by atoms with Gasteiger partial charge in [-0.05, 0) is 50.7 Å². The Morgan fingerprint density at radius 2 is 0.711 bits per heavy atom. The molecular weight excluding hydrogens is 472 g/mol. The maximum atomic E-state index is 9.81. The first-order chi connectivity index (χ1) is 18.5. The van der Waals surface area contributed by atoms with E-state index in [2.05, 4.69) is 24.0 Å². The highest BCUT2D eigenvalue weighted by atomic mass is 16.3. The second kappa shape index (κ2) is 28.2. The van der Waals surface area contributed by atoms with Crippen molar-refractivity contribution in [1.82, 2.24) is 0 Å². The highest BCUT2D eigenvalue weighted by molar-refractivity contribution is 5.08. The Kier molecular flexibility index (Phi) is 26.8. The monoisotopic (exact) mass is 528 g/mol. The van der Waals surface area contributed by atoms with Gasteiger partial charge in [-0.1, -0.05) is 126 Å². The van der Waals surface area contributed by atoms with Crippen LogP contribution >= 0.6 is 0 Å². The van der Waals surface area contributed by atoms with Crippen LogP contribution in [0.2, 0.25) is 0 Å². The van der Waals surface area contributed by atoms with Gasteiger partial charge in [0, 0.05) is 0 Å². The van der Waals surface area contributed by atoms with Crippen molar-refractivity contribution >= 4 is 0 Å². The van der Waals surface area contributed by atoms with Gasteiger partial charge in [0.1, 0.15) is 12.2 Å². The zero-order valence-electron chi connectivity index (χ0n) is 23.9. The molecule has 0 aromatic carbocycles. The summed E-state index contributed by atoms with van der Waals surface area (Å²) in [7, 11) is 0. The minimum absolute atomic E-state index is 0.507. The first kappa shape index (κ1) is 36.2. The molecule has 0 saturated heterocycles. The quantitative estimate of drug-likeness (QED) is 0.0545. The SMILES string of the molecule is C#C[C@@H](O)/C=C/[C@H](O)CCCCCCCC/C=C\CCCCCCCCCCCC[C@@H](O)/C=C/[C@H](O)C#C. The molecule has 0 amide bonds. The molecule has 0 spiro atoms. The largest absolute Gasteiger partial charge is 0.389 e. The normalized spacial score (nSPS) is 15.1. The number of aliphatic hydroxyl groups is 4. The van der Waals surface area contributed by atoms with Gasteiger partial charge in [0.2, 0.25) is 0 Å². The lowest BCUT2D eigenvalue weighted by Crippen LogP contribution is -2.04. The van der Waals surface area contributed by atoms with E-state index in [1.165, 1.54) is 102 Å². The molecule has 0 aromatic rings. The number of rotatable bonds is 26. The molecule has 4 nitrogen and oxygen atoms in total. The topological polar surface area (TPSA) is 80.9 Å². The summed E-state index contributed by atoms with van der Waals surface area (Å²) in [6.07, 6.45) is 41.9. The van der Waals surface area contributed by atoms with Crippen LogP contribution in [0.3, 0.4) is 0 Å². The lowest BCUT2D eigenvalue weighted by atomic mass is 10.0. The minimum Gasteiger partial charge on any atom is -0.389 e. The van der Waals surface area contributed by atoms with E-state index in [0.717, 1.165) is 38.5 Å². The Bertz CT molecular complexity index is 682. The highest BCUT2D eigenvalue weighted by Gasteiger charge is 2.01. The van der Waals surface area contributed by atoms with Crippen molar-refractivity contribution in [3.05, 3.63) is 36.5 Å². The third-order valence-electron chi connectivity index (χ3n) is 6.78. The maximum Gasteiger partial charge on any atom is 0.133 e. The number of terminal acetylenes is 2. The second-order valence-corrected chi connectivity index (χ2v) is 10.4. The van der Waals surface area contributed by atoms with E-state index in [9.17, 15) is 20.4 Å². The molecule has 0 bridgehead atoms. The molecule has 38 heavy (non-hydrogen) atoms. The molecular formula is C34H56O4. The zero-order valence-corrected chi connectivity index (χ0v) is 23.9. The van der Waals surface area contributed by atoms with Gasteiger partial charge < -0.3 is 20.4 Å². The fraction of sp³-hybridized carbons (Fsp3) is 0.706. The predicted octanol–water partition coefficient (Wildman–Crippen LogP) is 7.17. The summed E-state index contributed by atoms with van der Waals surface area (Å²) in [5.41, 5.74) is 0. The van der Waals surface area contributed by atoms with E-state index < -0.39 is 24.4 Å². The third kappa shape index (κ3) is 27.2. The second-order valence-electron chi connectivity index (χ2n) is 10.4. The number of hydrogen-bond acceptors (Lipinski definition) is 4. The lowest BCUT2D eigenvalue weighted by Gasteiger charge is -2.06. The summed E-state index contributed by atoms with van der Waals surface area (Å²) < 4.78 is 0. The molecule has 0 aliphatic carbocycles. The van der Waals surface area contributed by atoms with E-state index in [4.69, 9.17) is 12.8 Å². The summed E-state index contributed by atoms with van der Waals surface area (Å²) in [6, 6.07) is 0. The lowest BCUT2D eigenvalue weighted by molar-refractivity contribution is 0.204. The zero-order chi connectivity index (χ0) is 28.1. The molecule has 0 aromatic heterocycles. The van der Waals surface area contributed by atoms with Gasteiger partial charge in [0.05, 0.1) is 12.2 Å². The van der Waals surface area contributed by atoms with Gasteiger partial charge in [0.15, 0.2) is 0 Å². The Hall–Kier alpha value is -1.82. The number of unbranched alkanes of at least 4 members (excludes halogenated alkanes) is 16. The summed E-state index contributed by atoms with van der Waals surface area (Å²) in [4.78, 5) is 0. The van der Waals surface area contributed by atoms with Gasteiger partial charge in [-0.3, -0.25) is 0 Å². The molecule has 0 heterocycles. The summed E-state index contributed by atoms with van der Waals surface area (Å²) >= 11 is 0. The number of allylic oxidation sites excluding steroid dienone is 2. The van der Waals surface area contributed by atoms with Gasteiger partial charge in [-0.2, -0.15) is 0 Å². The summed E-state index contributed by atoms with van der Waals surface area (Å²) in [6.45, 7) is 0. The van der Waals surface area contributed by atoms with E-state index in [1.54, 1.807) is 12.2 Å². The molecule has 0 unspecified atom stereocenters. The van der Waals surface area contributed by atoms with Crippen LogP contribution in [-0.4, -0.2) is 44.8 Å². The van der Waals surface area contributed by atoms with Crippen molar-refractivity contribution in [1.29, 1.82) is 0 Å². The van der Waals surface area contributed by atoms with Crippen LogP contribution in [0.1, 0.15) is 128 Å². The summed E-state index contributed by atoms with van der Waals surface area (Å²) in [5.74, 6) is 4.40. The van der Waals surface area contributed by atoms with Crippen LogP contribution in [0.4, 0.5) is 0 Å². The molecule has 216 valence electrons. The molecule has 0 radical (unpaired) electrons. The molecule has 0 fully saturated rings. The van der Waals surface area contributed by atoms with Crippen molar-refractivity contribution in [2.24, 2.45) is 0 Å². The van der Waals surface area contributed by atoms with E-state index in [0.29, 0.717) is 0 Å². The average Bonchev–Trinajstić information content (AvgIpc) is 2.92. The van der Waals surface area contributed by atoms with Crippen molar-refractivity contribution < 1.29 is 20.4 Å². The Morgan fingerprint density at radius 1 is 0.421 bits per heavy atom. The van der Waals surface area contributed by atoms with Crippen LogP contribution in [-0.2, 0) is 0 Å². The fourth-order valence-electron chi connectivity index (χ4n) is 4.36. The van der Waals surface area contributed by atoms with Crippen molar-refractivity contribution in [3.63, 3.8) is 0 Å². The van der Waals surface area contributed by atoms with Crippen LogP contribution in [0, 0.1) is 24.7 Å². The molecule has 0 aliphatic heterocycles. The number of hydrogen-bond donors (Lipinski definition) is 4. The van der Waals surface area contributed by atoms with Crippen LogP contribution < -0.4 is 0 Å². The molecule has 0 aliphatic rings. The molecule has 4 heteroatoms. The molecule has 4 N–H and O–H groups in total. The van der Waals surface area contributed by atoms with E-state index >= 15 is 0 Å². The first-order valence-electron chi connectivity index (χ1n) is 15.2. The molecule has 0 rings (SSSR count).